The van der Waals surface area contributed by atoms with E-state index in [1.807, 2.05) is 0 Å². The standard InChI is InChI=1S/C23H34N4O4S/c1-17(28)27-13-5-6-18-16-21(9-10-22(18)27)32(30,31)26-14-11-20(12-15-26)25-23(29)24-19-7-3-2-4-8-19/h9-10,16,19-20H,2-8,11-15H2,1H3,(H2,24,25,29). The van der Waals surface area contributed by atoms with E-state index < -0.39 is 10.0 Å². The number of hydrogen-bond acceptors (Lipinski definition) is 4. The first kappa shape index (κ1) is 23.0. The largest absolute Gasteiger partial charge is 0.335 e. The monoisotopic (exact) mass is 462 g/mol. The molecule has 0 aromatic heterocycles. The third kappa shape index (κ3) is 5.09. The summed E-state index contributed by atoms with van der Waals surface area (Å²) in [5.41, 5.74) is 1.72. The smallest absolute Gasteiger partial charge is 0.315 e. The molecule has 32 heavy (non-hydrogen) atoms. The molecule has 0 atom stereocenters. The van der Waals surface area contributed by atoms with E-state index in [1.54, 1.807) is 23.1 Å². The quantitative estimate of drug-likeness (QED) is 0.719. The van der Waals surface area contributed by atoms with E-state index >= 15 is 0 Å². The maximum Gasteiger partial charge on any atom is 0.315 e. The highest BCUT2D eigenvalue weighted by molar-refractivity contribution is 7.89. The van der Waals surface area contributed by atoms with E-state index in [1.165, 1.54) is 17.6 Å². The Morgan fingerprint density at radius 2 is 1.56 bits per heavy atom. The summed E-state index contributed by atoms with van der Waals surface area (Å²) in [5.74, 6) is -0.0244. The molecule has 0 radical (unpaired) electrons. The molecule has 1 aliphatic carbocycles. The SMILES string of the molecule is CC(=O)N1CCCc2cc(S(=O)(=O)N3CCC(NC(=O)NC4CCCCC4)CC3)ccc21. The van der Waals surface area contributed by atoms with Gasteiger partial charge in [0.1, 0.15) is 0 Å². The zero-order valence-electron chi connectivity index (χ0n) is 18.8. The highest BCUT2D eigenvalue weighted by Crippen LogP contribution is 2.31. The number of sulfonamides is 1. The molecule has 2 N–H and O–H groups in total. The molecule has 1 aromatic carbocycles. The molecule has 176 valence electrons. The van der Waals surface area contributed by atoms with Gasteiger partial charge < -0.3 is 15.5 Å². The van der Waals surface area contributed by atoms with Gasteiger partial charge in [0.15, 0.2) is 0 Å². The van der Waals surface area contributed by atoms with Crippen molar-refractivity contribution >= 4 is 27.6 Å². The van der Waals surface area contributed by atoms with Gasteiger partial charge in [-0.05, 0) is 62.3 Å². The third-order valence-corrected chi connectivity index (χ3v) is 8.81. The van der Waals surface area contributed by atoms with Crippen LogP contribution in [0.1, 0.15) is 63.9 Å². The lowest BCUT2D eigenvalue weighted by Crippen LogP contribution is -2.51. The van der Waals surface area contributed by atoms with Crippen molar-refractivity contribution in [2.45, 2.75) is 81.7 Å². The summed E-state index contributed by atoms with van der Waals surface area (Å²) in [6.07, 6.45) is 8.44. The van der Waals surface area contributed by atoms with Crippen LogP contribution in [-0.4, -0.2) is 56.4 Å². The molecule has 0 bridgehead atoms. The van der Waals surface area contributed by atoms with E-state index in [-0.39, 0.29) is 28.9 Å². The minimum absolute atomic E-state index is 0.0160. The highest BCUT2D eigenvalue weighted by atomic mass is 32.2. The number of anilines is 1. The zero-order chi connectivity index (χ0) is 22.7. The Labute approximate surface area is 190 Å². The van der Waals surface area contributed by atoms with Crippen LogP contribution >= 0.6 is 0 Å². The minimum Gasteiger partial charge on any atom is -0.335 e. The Morgan fingerprint density at radius 1 is 0.906 bits per heavy atom. The number of amides is 3. The number of nitrogens with one attached hydrogen (secondary N) is 2. The van der Waals surface area contributed by atoms with Crippen LogP contribution in [0, 0.1) is 0 Å². The molecule has 3 amide bonds. The summed E-state index contributed by atoms with van der Waals surface area (Å²) in [6.45, 7) is 2.97. The van der Waals surface area contributed by atoms with Gasteiger partial charge in [-0.1, -0.05) is 19.3 Å². The number of nitrogens with zero attached hydrogens (tertiary/aromatic N) is 2. The van der Waals surface area contributed by atoms with E-state index in [2.05, 4.69) is 10.6 Å². The van der Waals surface area contributed by atoms with Gasteiger partial charge in [0.2, 0.25) is 15.9 Å². The second-order valence-electron chi connectivity index (χ2n) is 9.20. The first-order valence-corrected chi connectivity index (χ1v) is 13.3. The molecular formula is C23H34N4O4S. The molecule has 2 heterocycles. The fraction of sp³-hybridized carbons (Fsp3) is 0.652. The van der Waals surface area contributed by atoms with Gasteiger partial charge in [-0.3, -0.25) is 4.79 Å². The molecule has 8 nitrogen and oxygen atoms in total. The average molecular weight is 463 g/mol. The number of fused-ring (bicyclic) bond motifs is 1. The van der Waals surface area contributed by atoms with Gasteiger partial charge in [0.05, 0.1) is 4.90 Å². The summed E-state index contributed by atoms with van der Waals surface area (Å²) >= 11 is 0. The molecule has 2 fully saturated rings. The molecule has 3 aliphatic rings. The van der Waals surface area contributed by atoms with Crippen molar-refractivity contribution in [1.29, 1.82) is 0 Å². The molecule has 0 unspecified atom stereocenters. The lowest BCUT2D eigenvalue weighted by Gasteiger charge is -2.33. The van der Waals surface area contributed by atoms with Gasteiger partial charge in [0.25, 0.3) is 0 Å². The van der Waals surface area contributed by atoms with Gasteiger partial charge in [-0.2, -0.15) is 4.31 Å². The molecule has 4 rings (SSSR count). The Hall–Kier alpha value is -2.13. The second-order valence-corrected chi connectivity index (χ2v) is 11.1. The first-order chi connectivity index (χ1) is 15.3. The number of carbonyl (C=O) groups is 2. The Bertz CT molecular complexity index is 951. The van der Waals surface area contributed by atoms with Crippen LogP contribution in [0.2, 0.25) is 0 Å². The second kappa shape index (κ2) is 9.79. The van der Waals surface area contributed by atoms with Crippen LogP contribution < -0.4 is 15.5 Å². The van der Waals surface area contributed by atoms with Crippen molar-refractivity contribution in [3.05, 3.63) is 23.8 Å². The van der Waals surface area contributed by atoms with Crippen LogP contribution in [0.25, 0.3) is 0 Å². The van der Waals surface area contributed by atoms with Crippen LogP contribution in [0.3, 0.4) is 0 Å². The van der Waals surface area contributed by atoms with Crippen molar-refractivity contribution in [3.63, 3.8) is 0 Å². The van der Waals surface area contributed by atoms with E-state index in [4.69, 9.17) is 0 Å². The predicted octanol–water partition coefficient (Wildman–Crippen LogP) is 2.77. The Morgan fingerprint density at radius 3 is 2.22 bits per heavy atom. The van der Waals surface area contributed by atoms with Crippen molar-refractivity contribution in [1.82, 2.24) is 14.9 Å². The normalized spacial score (nSPS) is 21.1. The van der Waals surface area contributed by atoms with Crippen molar-refractivity contribution in [2.75, 3.05) is 24.5 Å². The average Bonchev–Trinajstić information content (AvgIpc) is 2.79. The lowest BCUT2D eigenvalue weighted by molar-refractivity contribution is -0.116. The predicted molar refractivity (Wildman–Crippen MR) is 123 cm³/mol. The number of benzene rings is 1. The van der Waals surface area contributed by atoms with Crippen LogP contribution in [-0.2, 0) is 21.2 Å². The van der Waals surface area contributed by atoms with Gasteiger partial charge >= 0.3 is 6.03 Å². The number of aryl methyl sites for hydroxylation is 1. The summed E-state index contributed by atoms with van der Waals surface area (Å²) in [7, 11) is -3.61. The number of rotatable bonds is 4. The molecule has 0 spiro atoms. The first-order valence-electron chi connectivity index (χ1n) is 11.8. The highest BCUT2D eigenvalue weighted by Gasteiger charge is 2.31. The molecule has 2 aliphatic heterocycles. The fourth-order valence-electron chi connectivity index (χ4n) is 5.11. The summed E-state index contributed by atoms with van der Waals surface area (Å²) in [5, 5.41) is 6.09. The number of hydrogen-bond donors (Lipinski definition) is 2. The van der Waals surface area contributed by atoms with Crippen molar-refractivity contribution < 1.29 is 18.0 Å². The Balaban J connectivity index is 1.35. The van der Waals surface area contributed by atoms with Crippen molar-refractivity contribution in [3.8, 4) is 0 Å². The van der Waals surface area contributed by atoms with E-state index in [0.29, 0.717) is 32.5 Å². The van der Waals surface area contributed by atoms with Crippen LogP contribution in [0.5, 0.6) is 0 Å². The Kier molecular flexibility index (Phi) is 7.05. The molecule has 1 saturated heterocycles. The van der Waals surface area contributed by atoms with Gasteiger partial charge in [-0.25, -0.2) is 13.2 Å². The van der Waals surface area contributed by atoms with Gasteiger partial charge in [0, 0.05) is 44.3 Å². The van der Waals surface area contributed by atoms with Crippen LogP contribution in [0.15, 0.2) is 23.1 Å². The fourth-order valence-corrected chi connectivity index (χ4v) is 6.63. The minimum atomic E-state index is -3.61. The topological polar surface area (TPSA) is 98.8 Å². The number of piperidine rings is 1. The number of urea groups is 1. The number of carbonyl (C=O) groups excluding carboxylic acids is 2. The molecular weight excluding hydrogens is 428 g/mol. The zero-order valence-corrected chi connectivity index (χ0v) is 19.6. The summed E-state index contributed by atoms with van der Waals surface area (Å²) in [4.78, 5) is 26.2. The van der Waals surface area contributed by atoms with Crippen LogP contribution in [0.4, 0.5) is 10.5 Å². The molecule has 9 heteroatoms. The summed E-state index contributed by atoms with van der Waals surface area (Å²) < 4.78 is 28.0. The summed E-state index contributed by atoms with van der Waals surface area (Å²) in [6, 6.07) is 5.19. The van der Waals surface area contributed by atoms with E-state index in [9.17, 15) is 18.0 Å². The molecule has 1 saturated carbocycles. The van der Waals surface area contributed by atoms with E-state index in [0.717, 1.165) is 49.8 Å². The van der Waals surface area contributed by atoms with Gasteiger partial charge in [-0.15, -0.1) is 0 Å². The van der Waals surface area contributed by atoms with Crippen molar-refractivity contribution in [2.24, 2.45) is 0 Å². The lowest BCUT2D eigenvalue weighted by atomic mass is 9.96. The molecule has 1 aromatic rings. The maximum atomic E-state index is 13.2. The maximum absolute atomic E-state index is 13.2. The third-order valence-electron chi connectivity index (χ3n) is 6.92.